The fraction of sp³-hybridized carbons (Fsp3) is 0.348. The number of esters is 1. The van der Waals surface area contributed by atoms with E-state index in [4.69, 9.17) is 4.74 Å². The second kappa shape index (κ2) is 11.2. The van der Waals surface area contributed by atoms with Crippen molar-refractivity contribution in [3.05, 3.63) is 58.4 Å². The Kier molecular flexibility index (Phi) is 8.51. The zero-order valence-corrected chi connectivity index (χ0v) is 21.1. The van der Waals surface area contributed by atoms with Crippen LogP contribution in [0.15, 0.2) is 46.3 Å². The average molecular weight is 526 g/mol. The molecule has 1 heterocycles. The van der Waals surface area contributed by atoms with E-state index in [1.54, 1.807) is 6.92 Å². The van der Waals surface area contributed by atoms with Crippen molar-refractivity contribution >= 4 is 43.5 Å². The zero-order valence-electron chi connectivity index (χ0n) is 19.5. The second-order valence-electron chi connectivity index (χ2n) is 7.63. The highest BCUT2D eigenvalue weighted by atomic mass is 32.2. The summed E-state index contributed by atoms with van der Waals surface area (Å²) in [5.41, 5.74) is 0.0134. The molecular formula is C23H25F2N3O5S2. The van der Waals surface area contributed by atoms with Crippen molar-refractivity contribution in [2.75, 3.05) is 20.2 Å². The van der Waals surface area contributed by atoms with E-state index in [1.165, 1.54) is 35.6 Å². The highest BCUT2D eigenvalue weighted by molar-refractivity contribution is 7.89. The highest BCUT2D eigenvalue weighted by Crippen LogP contribution is 2.23. The van der Waals surface area contributed by atoms with Crippen molar-refractivity contribution < 1.29 is 31.5 Å². The van der Waals surface area contributed by atoms with Gasteiger partial charge in [0.2, 0.25) is 10.0 Å². The van der Waals surface area contributed by atoms with Crippen LogP contribution in [0.25, 0.3) is 10.2 Å². The summed E-state index contributed by atoms with van der Waals surface area (Å²) in [4.78, 5) is 28.9. The maximum atomic E-state index is 14.5. The number of halogens is 2. The quantitative estimate of drug-likeness (QED) is 0.397. The number of sulfonamides is 1. The second-order valence-corrected chi connectivity index (χ2v) is 10.7. The number of fused-ring (bicyclic) bond motifs is 1. The monoisotopic (exact) mass is 525 g/mol. The average Bonchev–Trinajstić information content (AvgIpc) is 3.13. The first-order chi connectivity index (χ1) is 16.6. The number of ether oxygens (including phenoxy) is 1. The molecule has 0 saturated carbocycles. The topological polar surface area (TPSA) is 98.0 Å². The number of unbranched alkanes of at least 4 members (excludes halogenated alkanes) is 1. The van der Waals surface area contributed by atoms with Crippen LogP contribution in [-0.4, -0.2) is 49.4 Å². The van der Waals surface area contributed by atoms with Crippen molar-refractivity contribution in [2.45, 2.75) is 38.1 Å². The fourth-order valence-corrected chi connectivity index (χ4v) is 5.58. The molecule has 0 aliphatic rings. The summed E-state index contributed by atoms with van der Waals surface area (Å²) in [5.74, 6) is -3.13. The van der Waals surface area contributed by atoms with E-state index in [2.05, 4.69) is 4.99 Å². The smallest absolute Gasteiger partial charge is 0.326 e. The Morgan fingerprint density at radius 2 is 1.83 bits per heavy atom. The molecule has 8 nitrogen and oxygen atoms in total. The minimum Gasteiger partial charge on any atom is -0.465 e. The molecule has 0 N–H and O–H groups in total. The predicted octanol–water partition coefficient (Wildman–Crippen LogP) is 3.71. The van der Waals surface area contributed by atoms with Gasteiger partial charge in [-0.3, -0.25) is 9.59 Å². The molecule has 1 aromatic heterocycles. The first-order valence-electron chi connectivity index (χ1n) is 10.9. The van der Waals surface area contributed by atoms with Gasteiger partial charge in [-0.25, -0.2) is 21.5 Å². The fourth-order valence-electron chi connectivity index (χ4n) is 3.30. The van der Waals surface area contributed by atoms with Crippen molar-refractivity contribution in [1.29, 1.82) is 0 Å². The van der Waals surface area contributed by atoms with Gasteiger partial charge in [-0.2, -0.15) is 4.99 Å². The van der Waals surface area contributed by atoms with Crippen LogP contribution in [0.1, 0.15) is 37.0 Å². The van der Waals surface area contributed by atoms with Crippen molar-refractivity contribution in [3.63, 3.8) is 0 Å². The number of carbonyl (C=O) groups is 2. The standard InChI is InChI=1S/C23H25F2N3O5S2/c1-4-6-11-27(3)35(31,32)17-9-7-15(8-10-17)22(30)26-23-28(14-20(29)33-5-2)21-18(25)12-16(24)13-19(21)34-23/h7-10,12-13H,4-6,11,14H2,1-3H3. The first kappa shape index (κ1) is 26.6. The molecule has 0 bridgehead atoms. The van der Waals surface area contributed by atoms with E-state index in [-0.39, 0.29) is 32.1 Å². The number of carbonyl (C=O) groups excluding carboxylic acids is 2. The van der Waals surface area contributed by atoms with E-state index in [0.717, 1.165) is 34.8 Å². The molecule has 2 aromatic carbocycles. The zero-order chi connectivity index (χ0) is 25.8. The maximum absolute atomic E-state index is 14.5. The normalized spacial score (nSPS) is 12.5. The van der Waals surface area contributed by atoms with Crippen LogP contribution in [0.5, 0.6) is 0 Å². The van der Waals surface area contributed by atoms with Gasteiger partial charge in [-0.15, -0.1) is 0 Å². The molecule has 1 amide bonds. The van der Waals surface area contributed by atoms with Gasteiger partial charge in [-0.05, 0) is 43.7 Å². The lowest BCUT2D eigenvalue weighted by atomic mass is 10.2. The lowest BCUT2D eigenvalue weighted by Crippen LogP contribution is -2.28. The van der Waals surface area contributed by atoms with E-state index in [0.29, 0.717) is 12.6 Å². The summed E-state index contributed by atoms with van der Waals surface area (Å²) in [6, 6.07) is 7.05. The third-order valence-electron chi connectivity index (χ3n) is 5.12. The largest absolute Gasteiger partial charge is 0.465 e. The maximum Gasteiger partial charge on any atom is 0.326 e. The number of benzene rings is 2. The summed E-state index contributed by atoms with van der Waals surface area (Å²) in [6.07, 6.45) is 1.57. The lowest BCUT2D eigenvalue weighted by molar-refractivity contribution is -0.143. The van der Waals surface area contributed by atoms with Gasteiger partial charge in [0.25, 0.3) is 5.91 Å². The van der Waals surface area contributed by atoms with Gasteiger partial charge in [-0.1, -0.05) is 24.7 Å². The molecule has 35 heavy (non-hydrogen) atoms. The number of thiazole rings is 1. The molecule has 0 atom stereocenters. The molecule has 12 heteroatoms. The number of nitrogens with zero attached hydrogens (tertiary/aromatic N) is 3. The summed E-state index contributed by atoms with van der Waals surface area (Å²) >= 11 is 0.839. The SMILES string of the molecule is CCCCN(C)S(=O)(=O)c1ccc(C(=O)N=c2sc3cc(F)cc(F)c3n2CC(=O)OCC)cc1. The molecule has 0 radical (unpaired) electrons. The molecule has 0 aliphatic heterocycles. The van der Waals surface area contributed by atoms with Crippen LogP contribution in [0.2, 0.25) is 0 Å². The van der Waals surface area contributed by atoms with E-state index in [9.17, 15) is 26.8 Å². The van der Waals surface area contributed by atoms with Gasteiger partial charge in [0.1, 0.15) is 12.4 Å². The van der Waals surface area contributed by atoms with Gasteiger partial charge < -0.3 is 9.30 Å². The Labute approximate surface area is 205 Å². The van der Waals surface area contributed by atoms with Crippen LogP contribution in [-0.2, 0) is 26.1 Å². The van der Waals surface area contributed by atoms with E-state index >= 15 is 0 Å². The van der Waals surface area contributed by atoms with Crippen LogP contribution in [0.3, 0.4) is 0 Å². The molecule has 188 valence electrons. The van der Waals surface area contributed by atoms with Crippen LogP contribution in [0.4, 0.5) is 8.78 Å². The van der Waals surface area contributed by atoms with Gasteiger partial charge in [0.05, 0.1) is 21.7 Å². The first-order valence-corrected chi connectivity index (χ1v) is 13.1. The van der Waals surface area contributed by atoms with Crippen LogP contribution >= 0.6 is 11.3 Å². The molecule has 0 saturated heterocycles. The minimum absolute atomic E-state index is 0.0291. The van der Waals surface area contributed by atoms with E-state index < -0.39 is 40.1 Å². The number of hydrogen-bond acceptors (Lipinski definition) is 6. The molecule has 0 fully saturated rings. The lowest BCUT2D eigenvalue weighted by Gasteiger charge is -2.16. The number of hydrogen-bond donors (Lipinski definition) is 0. The van der Waals surface area contributed by atoms with Crippen molar-refractivity contribution in [2.24, 2.45) is 4.99 Å². The third-order valence-corrected chi connectivity index (χ3v) is 8.02. The van der Waals surface area contributed by atoms with Crippen molar-refractivity contribution in [1.82, 2.24) is 8.87 Å². The summed E-state index contributed by atoms with van der Waals surface area (Å²) in [6.45, 7) is 3.63. The number of aromatic nitrogens is 1. The number of amides is 1. The Morgan fingerprint density at radius 1 is 1.14 bits per heavy atom. The Bertz CT molecular complexity index is 1410. The van der Waals surface area contributed by atoms with Crippen LogP contribution < -0.4 is 4.80 Å². The summed E-state index contributed by atoms with van der Waals surface area (Å²) in [7, 11) is -2.21. The number of rotatable bonds is 9. The Morgan fingerprint density at radius 3 is 2.46 bits per heavy atom. The van der Waals surface area contributed by atoms with Gasteiger partial charge in [0, 0.05) is 25.2 Å². The van der Waals surface area contributed by atoms with Crippen LogP contribution in [0, 0.1) is 11.6 Å². The molecule has 0 spiro atoms. The summed E-state index contributed by atoms with van der Waals surface area (Å²) in [5, 5.41) is 0. The predicted molar refractivity (Wildman–Crippen MR) is 127 cm³/mol. The third kappa shape index (κ3) is 6.00. The Balaban J connectivity index is 1.99. The molecular weight excluding hydrogens is 500 g/mol. The molecule has 0 unspecified atom stereocenters. The van der Waals surface area contributed by atoms with Gasteiger partial charge in [0.15, 0.2) is 10.6 Å². The van der Waals surface area contributed by atoms with Gasteiger partial charge >= 0.3 is 5.97 Å². The Hall–Kier alpha value is -2.96. The summed E-state index contributed by atoms with van der Waals surface area (Å²) < 4.78 is 61.1. The highest BCUT2D eigenvalue weighted by Gasteiger charge is 2.21. The molecule has 3 rings (SSSR count). The minimum atomic E-state index is -3.70. The molecule has 0 aliphatic carbocycles. The van der Waals surface area contributed by atoms with E-state index in [1.807, 2.05) is 6.92 Å². The van der Waals surface area contributed by atoms with Crippen molar-refractivity contribution in [3.8, 4) is 0 Å². The molecule has 3 aromatic rings.